The van der Waals surface area contributed by atoms with Gasteiger partial charge in [0.25, 0.3) is 5.91 Å². The van der Waals surface area contributed by atoms with E-state index in [-0.39, 0.29) is 0 Å². The molecule has 0 aliphatic carbocycles. The molecule has 0 radical (unpaired) electrons. The van der Waals surface area contributed by atoms with Crippen molar-refractivity contribution < 1.29 is 14.0 Å². The van der Waals surface area contributed by atoms with Gasteiger partial charge in [-0.15, -0.1) is 0 Å². The van der Waals surface area contributed by atoms with E-state index < -0.39 is 17.8 Å². The van der Waals surface area contributed by atoms with E-state index >= 15 is 0 Å². The Hall–Kier alpha value is -3.87. The third kappa shape index (κ3) is 5.07. The van der Waals surface area contributed by atoms with Crippen LogP contribution in [-0.4, -0.2) is 11.9 Å². The summed E-state index contributed by atoms with van der Waals surface area (Å²) in [7, 11) is 0. The average Bonchev–Trinajstić information content (AvgIpc) is 2.67. The number of nitrogens with one attached hydrogen (secondary N) is 3. The van der Waals surface area contributed by atoms with E-state index in [4.69, 9.17) is 5.73 Å². The van der Waals surface area contributed by atoms with E-state index in [2.05, 4.69) is 16.0 Å². The Labute approximate surface area is 161 Å². The number of halogens is 1. The van der Waals surface area contributed by atoms with Crippen molar-refractivity contribution in [2.75, 3.05) is 16.0 Å². The molecule has 0 unspecified atom stereocenters. The van der Waals surface area contributed by atoms with Crippen LogP contribution in [0.1, 0.15) is 15.9 Å². The summed E-state index contributed by atoms with van der Waals surface area (Å²) in [6.07, 6.45) is 0. The number of anilines is 3. The van der Waals surface area contributed by atoms with Gasteiger partial charge in [-0.05, 0) is 48.0 Å². The lowest BCUT2D eigenvalue weighted by molar-refractivity contribution is 0.100. The molecule has 0 atom stereocenters. The van der Waals surface area contributed by atoms with Crippen LogP contribution >= 0.6 is 0 Å². The van der Waals surface area contributed by atoms with Gasteiger partial charge < -0.3 is 21.7 Å². The second-order valence-electron chi connectivity index (χ2n) is 6.05. The van der Waals surface area contributed by atoms with Crippen LogP contribution in [-0.2, 0) is 6.54 Å². The van der Waals surface area contributed by atoms with Crippen molar-refractivity contribution >= 4 is 29.0 Å². The molecule has 0 heterocycles. The zero-order chi connectivity index (χ0) is 19.9. The Morgan fingerprint density at radius 3 is 2.29 bits per heavy atom. The Morgan fingerprint density at radius 1 is 0.857 bits per heavy atom. The van der Waals surface area contributed by atoms with Crippen LogP contribution in [0.15, 0.2) is 72.8 Å². The van der Waals surface area contributed by atoms with Gasteiger partial charge in [0.1, 0.15) is 5.82 Å². The number of benzene rings is 3. The summed E-state index contributed by atoms with van der Waals surface area (Å²) in [5.74, 6) is -0.917. The fourth-order valence-electron chi connectivity index (χ4n) is 2.62. The maximum absolute atomic E-state index is 13.2. The molecule has 0 spiro atoms. The molecule has 3 aromatic rings. The topological polar surface area (TPSA) is 96.2 Å². The van der Waals surface area contributed by atoms with Crippen molar-refractivity contribution in [3.63, 3.8) is 0 Å². The zero-order valence-corrected chi connectivity index (χ0v) is 14.9. The van der Waals surface area contributed by atoms with Crippen molar-refractivity contribution in [1.82, 2.24) is 0 Å². The minimum Gasteiger partial charge on any atom is -0.380 e. The minimum atomic E-state index is -0.494. The molecule has 5 N–H and O–H groups in total. The number of primary amides is 1. The van der Waals surface area contributed by atoms with Crippen LogP contribution in [0.5, 0.6) is 0 Å². The normalized spacial score (nSPS) is 10.2. The maximum atomic E-state index is 13.2. The van der Waals surface area contributed by atoms with Crippen molar-refractivity contribution in [3.8, 4) is 0 Å². The van der Waals surface area contributed by atoms with Crippen molar-refractivity contribution in [2.45, 2.75) is 6.54 Å². The lowest BCUT2D eigenvalue weighted by Gasteiger charge is -2.11. The van der Waals surface area contributed by atoms with Gasteiger partial charge in [-0.25, -0.2) is 9.18 Å². The first kappa shape index (κ1) is 18.9. The summed E-state index contributed by atoms with van der Waals surface area (Å²) >= 11 is 0. The number of carbonyl (C=O) groups is 2. The number of urea groups is 1. The molecule has 0 aliphatic rings. The van der Waals surface area contributed by atoms with Gasteiger partial charge in [0, 0.05) is 23.6 Å². The van der Waals surface area contributed by atoms with Crippen molar-refractivity contribution in [1.29, 1.82) is 0 Å². The number of carbonyl (C=O) groups excluding carboxylic acids is 2. The number of hydrogen-bond donors (Lipinski definition) is 4. The van der Waals surface area contributed by atoms with Crippen LogP contribution in [0.4, 0.5) is 26.2 Å². The van der Waals surface area contributed by atoms with Gasteiger partial charge in [-0.3, -0.25) is 4.79 Å². The van der Waals surface area contributed by atoms with Crippen LogP contribution in [0.3, 0.4) is 0 Å². The molecule has 0 aromatic heterocycles. The molecule has 28 heavy (non-hydrogen) atoms. The largest absolute Gasteiger partial charge is 0.380 e. The first-order chi connectivity index (χ1) is 13.5. The molecule has 3 amide bonds. The van der Waals surface area contributed by atoms with Gasteiger partial charge in [-0.1, -0.05) is 30.3 Å². The molecular formula is C21H19FN4O2. The molecule has 3 rings (SSSR count). The summed E-state index contributed by atoms with van der Waals surface area (Å²) in [5, 5.41) is 8.42. The predicted octanol–water partition coefficient (Wildman–Crippen LogP) is 4.18. The summed E-state index contributed by atoms with van der Waals surface area (Å²) < 4.78 is 13.2. The zero-order valence-electron chi connectivity index (χ0n) is 14.9. The highest BCUT2D eigenvalue weighted by atomic mass is 19.1. The SMILES string of the molecule is NC(=O)c1ccccc1NCc1ccc(NC(=O)Nc2cccc(F)c2)cc1. The van der Waals surface area contributed by atoms with Crippen molar-refractivity contribution in [3.05, 3.63) is 89.7 Å². The van der Waals surface area contributed by atoms with E-state index in [1.807, 2.05) is 18.2 Å². The molecule has 3 aromatic carbocycles. The molecule has 0 saturated heterocycles. The van der Waals surface area contributed by atoms with Gasteiger partial charge in [0.05, 0.1) is 5.56 Å². The van der Waals surface area contributed by atoms with Crippen LogP contribution in [0.2, 0.25) is 0 Å². The number of amides is 3. The highest BCUT2D eigenvalue weighted by Gasteiger charge is 2.07. The van der Waals surface area contributed by atoms with E-state index in [1.54, 1.807) is 36.4 Å². The van der Waals surface area contributed by atoms with Gasteiger partial charge in [0.2, 0.25) is 0 Å². The average molecular weight is 378 g/mol. The molecule has 0 fully saturated rings. The van der Waals surface area contributed by atoms with E-state index in [0.717, 1.165) is 5.56 Å². The maximum Gasteiger partial charge on any atom is 0.323 e. The van der Waals surface area contributed by atoms with Gasteiger partial charge >= 0.3 is 6.03 Å². The fourth-order valence-corrected chi connectivity index (χ4v) is 2.62. The summed E-state index contributed by atoms with van der Waals surface area (Å²) in [5.41, 5.74) is 8.37. The first-order valence-corrected chi connectivity index (χ1v) is 8.56. The van der Waals surface area contributed by atoms with Gasteiger partial charge in [0.15, 0.2) is 0 Å². The Morgan fingerprint density at radius 2 is 1.57 bits per heavy atom. The monoisotopic (exact) mass is 378 g/mol. The van der Waals surface area contributed by atoms with E-state index in [1.165, 1.54) is 18.2 Å². The number of rotatable bonds is 6. The fraction of sp³-hybridized carbons (Fsp3) is 0.0476. The molecule has 0 saturated carbocycles. The Kier molecular flexibility index (Phi) is 5.86. The molecule has 0 aliphatic heterocycles. The third-order valence-corrected chi connectivity index (χ3v) is 3.97. The van der Waals surface area contributed by atoms with Crippen LogP contribution in [0.25, 0.3) is 0 Å². The Balaban J connectivity index is 1.56. The summed E-state index contributed by atoms with van der Waals surface area (Å²) in [6.45, 7) is 0.486. The lowest BCUT2D eigenvalue weighted by Crippen LogP contribution is -2.19. The molecule has 7 heteroatoms. The van der Waals surface area contributed by atoms with E-state index in [0.29, 0.717) is 29.2 Å². The molecule has 0 bridgehead atoms. The molecule has 6 nitrogen and oxygen atoms in total. The number of para-hydroxylation sites is 1. The summed E-state index contributed by atoms with van der Waals surface area (Å²) in [4.78, 5) is 23.4. The molecular weight excluding hydrogens is 359 g/mol. The van der Waals surface area contributed by atoms with Gasteiger partial charge in [-0.2, -0.15) is 0 Å². The second-order valence-corrected chi connectivity index (χ2v) is 6.05. The highest BCUT2D eigenvalue weighted by Crippen LogP contribution is 2.17. The Bertz CT molecular complexity index is 990. The smallest absolute Gasteiger partial charge is 0.323 e. The van der Waals surface area contributed by atoms with Crippen LogP contribution in [0, 0.1) is 5.82 Å². The van der Waals surface area contributed by atoms with Crippen molar-refractivity contribution in [2.24, 2.45) is 5.73 Å². The summed E-state index contributed by atoms with van der Waals surface area (Å²) in [6, 6.07) is 19.4. The highest BCUT2D eigenvalue weighted by molar-refractivity contribution is 6.00. The number of hydrogen-bond acceptors (Lipinski definition) is 3. The number of nitrogens with two attached hydrogens (primary N) is 1. The lowest BCUT2D eigenvalue weighted by atomic mass is 10.1. The quantitative estimate of drug-likeness (QED) is 0.518. The molecule has 142 valence electrons. The standard InChI is InChI=1S/C21H19FN4O2/c22-15-4-3-5-17(12-15)26-21(28)25-16-10-8-14(9-11-16)13-24-19-7-2-1-6-18(19)20(23)27/h1-12,24H,13H2,(H2,23,27)(H2,25,26,28). The second kappa shape index (κ2) is 8.68. The van der Waals surface area contributed by atoms with E-state index in [9.17, 15) is 14.0 Å². The third-order valence-electron chi connectivity index (χ3n) is 3.97. The van der Waals surface area contributed by atoms with Crippen LogP contribution < -0.4 is 21.7 Å². The predicted molar refractivity (Wildman–Crippen MR) is 108 cm³/mol. The minimum absolute atomic E-state index is 0.367. The first-order valence-electron chi connectivity index (χ1n) is 8.56.